The zero-order valence-corrected chi connectivity index (χ0v) is 8.33. The lowest BCUT2D eigenvalue weighted by atomic mass is 9.99. The van der Waals surface area contributed by atoms with Crippen molar-refractivity contribution in [1.82, 2.24) is 0 Å². The van der Waals surface area contributed by atoms with Gasteiger partial charge in [-0.05, 0) is 16.3 Å². The van der Waals surface area contributed by atoms with E-state index < -0.39 is 12.2 Å². The number of halogens is 3. The van der Waals surface area contributed by atoms with Gasteiger partial charge in [0, 0.05) is 0 Å². The van der Waals surface area contributed by atoms with Gasteiger partial charge in [0.25, 0.3) is 0 Å². The number of hydrogen-bond donors (Lipinski definition) is 1. The zero-order chi connectivity index (χ0) is 11.8. The molecule has 0 aliphatic heterocycles. The lowest BCUT2D eigenvalue weighted by Crippen LogP contribution is -2.28. The van der Waals surface area contributed by atoms with Gasteiger partial charge in [-0.2, -0.15) is 13.2 Å². The quantitative estimate of drug-likeness (QED) is 0.790. The van der Waals surface area contributed by atoms with E-state index in [4.69, 9.17) is 5.73 Å². The van der Waals surface area contributed by atoms with E-state index in [2.05, 4.69) is 0 Å². The van der Waals surface area contributed by atoms with Crippen LogP contribution < -0.4 is 5.73 Å². The van der Waals surface area contributed by atoms with Crippen molar-refractivity contribution in [3.8, 4) is 0 Å². The summed E-state index contributed by atoms with van der Waals surface area (Å²) in [6.07, 6.45) is -4.41. The maximum Gasteiger partial charge on any atom is 0.407 e. The Morgan fingerprint density at radius 1 is 0.938 bits per heavy atom. The van der Waals surface area contributed by atoms with E-state index >= 15 is 0 Å². The van der Waals surface area contributed by atoms with Gasteiger partial charge in [-0.15, -0.1) is 0 Å². The van der Waals surface area contributed by atoms with Crippen LogP contribution in [0.4, 0.5) is 13.2 Å². The number of benzene rings is 2. The number of hydrogen-bond acceptors (Lipinski definition) is 1. The SMILES string of the molecule is N[C@@H](c1cccc2ccccc12)C(F)(F)F. The molecule has 2 N–H and O–H groups in total. The van der Waals surface area contributed by atoms with E-state index in [9.17, 15) is 13.2 Å². The van der Waals surface area contributed by atoms with E-state index in [0.29, 0.717) is 5.39 Å². The molecular formula is C12H10F3N. The minimum atomic E-state index is -4.41. The van der Waals surface area contributed by atoms with Crippen LogP contribution >= 0.6 is 0 Å². The van der Waals surface area contributed by atoms with E-state index in [1.165, 1.54) is 6.07 Å². The Bertz CT molecular complexity index is 500. The molecule has 0 unspecified atom stereocenters. The van der Waals surface area contributed by atoms with Crippen LogP contribution in [-0.4, -0.2) is 6.18 Å². The Labute approximate surface area is 90.7 Å². The van der Waals surface area contributed by atoms with Crippen LogP contribution in [0.15, 0.2) is 42.5 Å². The molecule has 16 heavy (non-hydrogen) atoms. The molecule has 1 atom stereocenters. The molecule has 0 amide bonds. The molecule has 2 aromatic carbocycles. The molecule has 0 radical (unpaired) electrons. The van der Waals surface area contributed by atoms with Crippen LogP contribution in [0.25, 0.3) is 10.8 Å². The predicted molar refractivity (Wildman–Crippen MR) is 56.9 cm³/mol. The summed E-state index contributed by atoms with van der Waals surface area (Å²) in [5.41, 5.74) is 5.33. The molecule has 0 heterocycles. The monoisotopic (exact) mass is 225 g/mol. The first kappa shape index (κ1) is 11.0. The third-order valence-electron chi connectivity index (χ3n) is 2.51. The molecule has 0 aliphatic carbocycles. The average molecular weight is 225 g/mol. The number of fused-ring (bicyclic) bond motifs is 1. The van der Waals surface area contributed by atoms with Gasteiger partial charge in [0.15, 0.2) is 0 Å². The van der Waals surface area contributed by atoms with E-state index in [-0.39, 0.29) is 5.56 Å². The molecule has 1 nitrogen and oxygen atoms in total. The van der Waals surface area contributed by atoms with Gasteiger partial charge < -0.3 is 5.73 Å². The summed E-state index contributed by atoms with van der Waals surface area (Å²) in [4.78, 5) is 0. The maximum absolute atomic E-state index is 12.5. The first-order valence-electron chi connectivity index (χ1n) is 4.80. The molecule has 0 saturated carbocycles. The molecule has 0 spiro atoms. The van der Waals surface area contributed by atoms with Gasteiger partial charge in [-0.1, -0.05) is 42.5 Å². The summed E-state index contributed by atoms with van der Waals surface area (Å²) < 4.78 is 37.6. The Hall–Kier alpha value is -1.55. The highest BCUT2D eigenvalue weighted by Gasteiger charge is 2.38. The Morgan fingerprint density at radius 2 is 1.56 bits per heavy atom. The van der Waals surface area contributed by atoms with Crippen molar-refractivity contribution < 1.29 is 13.2 Å². The maximum atomic E-state index is 12.5. The standard InChI is InChI=1S/C12H10F3N/c13-12(14,15)11(16)10-7-3-5-8-4-1-2-6-9(8)10/h1-7,11H,16H2/t11-/m0/s1. The highest BCUT2D eigenvalue weighted by atomic mass is 19.4. The van der Waals surface area contributed by atoms with E-state index in [0.717, 1.165) is 5.39 Å². The third kappa shape index (κ3) is 1.88. The summed E-state index contributed by atoms with van der Waals surface area (Å²) in [6, 6.07) is 9.74. The fourth-order valence-corrected chi connectivity index (χ4v) is 1.70. The van der Waals surface area contributed by atoms with Crippen molar-refractivity contribution in [1.29, 1.82) is 0 Å². The molecule has 2 rings (SSSR count). The first-order chi connectivity index (χ1) is 7.50. The normalized spacial score (nSPS) is 14.0. The molecule has 0 saturated heterocycles. The second kappa shape index (κ2) is 3.79. The number of nitrogens with two attached hydrogens (primary N) is 1. The van der Waals surface area contributed by atoms with Gasteiger partial charge in [0.1, 0.15) is 6.04 Å². The molecule has 4 heteroatoms. The van der Waals surface area contributed by atoms with E-state index in [1.807, 2.05) is 0 Å². The summed E-state index contributed by atoms with van der Waals surface area (Å²) in [5.74, 6) is 0. The second-order valence-corrected chi connectivity index (χ2v) is 3.59. The predicted octanol–water partition coefficient (Wildman–Crippen LogP) is 3.40. The third-order valence-corrected chi connectivity index (χ3v) is 2.51. The zero-order valence-electron chi connectivity index (χ0n) is 8.33. The summed E-state index contributed by atoms with van der Waals surface area (Å²) in [7, 11) is 0. The van der Waals surface area contributed by atoms with Gasteiger partial charge in [-0.3, -0.25) is 0 Å². The van der Waals surface area contributed by atoms with Crippen molar-refractivity contribution in [2.24, 2.45) is 5.73 Å². The molecule has 0 aromatic heterocycles. The molecule has 84 valence electrons. The van der Waals surface area contributed by atoms with Gasteiger partial charge >= 0.3 is 6.18 Å². The number of alkyl halides is 3. The van der Waals surface area contributed by atoms with Crippen LogP contribution in [0.2, 0.25) is 0 Å². The van der Waals surface area contributed by atoms with E-state index in [1.54, 1.807) is 36.4 Å². The molecule has 2 aromatic rings. The first-order valence-corrected chi connectivity index (χ1v) is 4.80. The molecule has 0 fully saturated rings. The Kier molecular flexibility index (Phi) is 2.59. The number of rotatable bonds is 1. The minimum Gasteiger partial charge on any atom is -0.316 e. The van der Waals surface area contributed by atoms with Crippen molar-refractivity contribution >= 4 is 10.8 Å². The summed E-state index contributed by atoms with van der Waals surface area (Å²) >= 11 is 0. The highest BCUT2D eigenvalue weighted by Crippen LogP contribution is 2.34. The van der Waals surface area contributed by atoms with Gasteiger partial charge in [0.2, 0.25) is 0 Å². The fraction of sp³-hybridized carbons (Fsp3) is 0.167. The largest absolute Gasteiger partial charge is 0.407 e. The molecule has 0 bridgehead atoms. The minimum absolute atomic E-state index is 0.116. The lowest BCUT2D eigenvalue weighted by molar-refractivity contribution is -0.148. The second-order valence-electron chi connectivity index (χ2n) is 3.59. The lowest BCUT2D eigenvalue weighted by Gasteiger charge is -2.17. The fourth-order valence-electron chi connectivity index (χ4n) is 1.70. The molecular weight excluding hydrogens is 215 g/mol. The Morgan fingerprint density at radius 3 is 2.25 bits per heavy atom. The molecule has 0 aliphatic rings. The van der Waals surface area contributed by atoms with Gasteiger partial charge in [0.05, 0.1) is 0 Å². The average Bonchev–Trinajstić information content (AvgIpc) is 2.26. The van der Waals surface area contributed by atoms with Crippen LogP contribution in [-0.2, 0) is 0 Å². The summed E-state index contributed by atoms with van der Waals surface area (Å²) in [6.45, 7) is 0. The highest BCUT2D eigenvalue weighted by molar-refractivity contribution is 5.86. The van der Waals surface area contributed by atoms with Crippen LogP contribution in [0.5, 0.6) is 0 Å². The van der Waals surface area contributed by atoms with Crippen LogP contribution in [0.1, 0.15) is 11.6 Å². The van der Waals surface area contributed by atoms with Gasteiger partial charge in [-0.25, -0.2) is 0 Å². The van der Waals surface area contributed by atoms with Crippen molar-refractivity contribution in [2.75, 3.05) is 0 Å². The van der Waals surface area contributed by atoms with Crippen molar-refractivity contribution in [2.45, 2.75) is 12.2 Å². The van der Waals surface area contributed by atoms with Crippen LogP contribution in [0, 0.1) is 0 Å². The van der Waals surface area contributed by atoms with Crippen LogP contribution in [0.3, 0.4) is 0 Å². The van der Waals surface area contributed by atoms with Crippen molar-refractivity contribution in [3.63, 3.8) is 0 Å². The van der Waals surface area contributed by atoms with Crippen molar-refractivity contribution in [3.05, 3.63) is 48.0 Å². The Balaban J connectivity index is 2.61. The topological polar surface area (TPSA) is 26.0 Å². The smallest absolute Gasteiger partial charge is 0.316 e. The summed E-state index contributed by atoms with van der Waals surface area (Å²) in [5, 5.41) is 1.31.